The van der Waals surface area contributed by atoms with Crippen molar-refractivity contribution < 1.29 is 22.7 Å². The van der Waals surface area contributed by atoms with E-state index >= 15 is 0 Å². The fraction of sp³-hybridized carbons (Fsp3) is 0.280. The topological polar surface area (TPSA) is 59.4 Å². The standard InChI is InChI=1S/C25H23F3N4O2/c1-5-25(2,3)24(33)31-10-11-32-20(14-31)30-22(15-6-8-16(26)9-7-15)23(32)29-17-12-18(27)21(28)19(13-17)34-4/h1,6-9,12-13,29H,10-11,14H2,2-4H3. The van der Waals surface area contributed by atoms with E-state index in [1.54, 1.807) is 30.9 Å². The molecule has 2 aromatic carbocycles. The maximum Gasteiger partial charge on any atom is 0.240 e. The third-order valence-corrected chi connectivity index (χ3v) is 5.75. The second-order valence-electron chi connectivity index (χ2n) is 8.48. The molecule has 1 aliphatic heterocycles. The Bertz CT molecular complexity index is 1290. The van der Waals surface area contributed by atoms with Crippen LogP contribution in [0.4, 0.5) is 24.7 Å². The molecule has 4 rings (SSSR count). The van der Waals surface area contributed by atoms with E-state index in [1.807, 2.05) is 4.57 Å². The van der Waals surface area contributed by atoms with Gasteiger partial charge >= 0.3 is 0 Å². The molecular formula is C25H23F3N4O2. The van der Waals surface area contributed by atoms with Gasteiger partial charge in [-0.2, -0.15) is 4.39 Å². The van der Waals surface area contributed by atoms with Gasteiger partial charge in [0.1, 0.15) is 28.6 Å². The summed E-state index contributed by atoms with van der Waals surface area (Å²) in [6.45, 7) is 4.35. The SMILES string of the molecule is C#CC(C)(C)C(=O)N1CCn2c(nc(-c3ccc(F)cc3)c2Nc2cc(F)c(F)c(OC)c2)C1. The first-order valence-electron chi connectivity index (χ1n) is 10.6. The molecule has 1 amide bonds. The van der Waals surface area contributed by atoms with Crippen LogP contribution in [0.3, 0.4) is 0 Å². The summed E-state index contributed by atoms with van der Waals surface area (Å²) in [4.78, 5) is 19.2. The van der Waals surface area contributed by atoms with Gasteiger partial charge in [0.25, 0.3) is 0 Å². The van der Waals surface area contributed by atoms with E-state index in [0.29, 0.717) is 36.0 Å². The van der Waals surface area contributed by atoms with Crippen molar-refractivity contribution in [1.29, 1.82) is 0 Å². The van der Waals surface area contributed by atoms with Crippen molar-refractivity contribution in [2.45, 2.75) is 26.9 Å². The predicted molar refractivity (Wildman–Crippen MR) is 122 cm³/mol. The molecule has 3 aromatic rings. The van der Waals surface area contributed by atoms with Gasteiger partial charge in [-0.25, -0.2) is 13.8 Å². The van der Waals surface area contributed by atoms with E-state index in [1.165, 1.54) is 25.3 Å². The molecule has 1 aromatic heterocycles. The number of halogens is 3. The van der Waals surface area contributed by atoms with Crippen LogP contribution < -0.4 is 10.1 Å². The van der Waals surface area contributed by atoms with Crippen LogP contribution in [0.2, 0.25) is 0 Å². The van der Waals surface area contributed by atoms with Crippen molar-refractivity contribution in [2.75, 3.05) is 19.0 Å². The molecule has 0 radical (unpaired) electrons. The summed E-state index contributed by atoms with van der Waals surface area (Å²) in [5, 5.41) is 3.11. The van der Waals surface area contributed by atoms with Gasteiger partial charge in [-0.1, -0.05) is 5.92 Å². The number of rotatable bonds is 5. The quantitative estimate of drug-likeness (QED) is 0.551. The lowest BCUT2D eigenvalue weighted by Crippen LogP contribution is -2.44. The zero-order valence-corrected chi connectivity index (χ0v) is 19.0. The minimum atomic E-state index is -1.09. The first-order chi connectivity index (χ1) is 16.1. The van der Waals surface area contributed by atoms with Crippen LogP contribution in [0.25, 0.3) is 11.3 Å². The summed E-state index contributed by atoms with van der Waals surface area (Å²) in [7, 11) is 1.25. The molecule has 0 spiro atoms. The van der Waals surface area contributed by atoms with E-state index in [4.69, 9.17) is 16.1 Å². The Kier molecular flexibility index (Phi) is 6.00. The number of amides is 1. The third-order valence-electron chi connectivity index (χ3n) is 5.75. The number of anilines is 2. The number of benzene rings is 2. The van der Waals surface area contributed by atoms with E-state index in [2.05, 4.69) is 11.2 Å². The van der Waals surface area contributed by atoms with E-state index in [0.717, 1.165) is 6.07 Å². The van der Waals surface area contributed by atoms with Crippen molar-refractivity contribution in [3.63, 3.8) is 0 Å². The van der Waals surface area contributed by atoms with Gasteiger partial charge in [0.05, 0.1) is 13.7 Å². The maximum atomic E-state index is 14.1. The largest absolute Gasteiger partial charge is 0.493 e. The Morgan fingerprint density at radius 2 is 1.88 bits per heavy atom. The van der Waals surface area contributed by atoms with Gasteiger partial charge in [-0.05, 0) is 38.1 Å². The number of nitrogens with one attached hydrogen (secondary N) is 1. The Hall–Kier alpha value is -3.93. The number of fused-ring (bicyclic) bond motifs is 1. The van der Waals surface area contributed by atoms with Crippen LogP contribution in [0.5, 0.6) is 5.75 Å². The van der Waals surface area contributed by atoms with Crippen LogP contribution in [-0.4, -0.2) is 34.0 Å². The zero-order valence-electron chi connectivity index (χ0n) is 19.0. The average Bonchev–Trinajstić information content (AvgIpc) is 3.18. The van der Waals surface area contributed by atoms with Gasteiger partial charge in [0, 0.05) is 36.5 Å². The monoisotopic (exact) mass is 468 g/mol. The fourth-order valence-electron chi connectivity index (χ4n) is 3.82. The number of imidazole rings is 1. The first-order valence-corrected chi connectivity index (χ1v) is 10.6. The van der Waals surface area contributed by atoms with Crippen LogP contribution in [0, 0.1) is 35.2 Å². The highest BCUT2D eigenvalue weighted by molar-refractivity contribution is 5.85. The van der Waals surface area contributed by atoms with Gasteiger partial charge < -0.3 is 19.5 Å². The van der Waals surface area contributed by atoms with Crippen molar-refractivity contribution >= 4 is 17.4 Å². The molecule has 0 saturated heterocycles. The molecule has 2 heterocycles. The highest BCUT2D eigenvalue weighted by Gasteiger charge is 2.34. The number of nitrogens with zero attached hydrogens (tertiary/aromatic N) is 3. The van der Waals surface area contributed by atoms with Crippen molar-refractivity contribution in [3.05, 3.63) is 59.7 Å². The lowest BCUT2D eigenvalue weighted by molar-refractivity contribution is -0.139. The number of ether oxygens (including phenoxy) is 1. The van der Waals surface area contributed by atoms with Crippen LogP contribution in [-0.2, 0) is 17.9 Å². The molecule has 1 N–H and O–H groups in total. The molecular weight excluding hydrogens is 445 g/mol. The highest BCUT2D eigenvalue weighted by Crippen LogP contribution is 2.35. The molecule has 0 saturated carbocycles. The molecule has 0 unspecified atom stereocenters. The number of carbonyl (C=O) groups is 1. The van der Waals surface area contributed by atoms with Crippen molar-refractivity contribution in [2.24, 2.45) is 5.41 Å². The molecule has 0 bridgehead atoms. The Morgan fingerprint density at radius 1 is 1.18 bits per heavy atom. The van der Waals surface area contributed by atoms with Crippen molar-refractivity contribution in [3.8, 4) is 29.4 Å². The molecule has 6 nitrogen and oxygen atoms in total. The van der Waals surface area contributed by atoms with Gasteiger partial charge in [-0.3, -0.25) is 4.79 Å². The molecule has 9 heteroatoms. The summed E-state index contributed by atoms with van der Waals surface area (Å²) in [5.74, 6) is 0.586. The summed E-state index contributed by atoms with van der Waals surface area (Å²) in [6, 6.07) is 8.12. The summed E-state index contributed by atoms with van der Waals surface area (Å²) < 4.78 is 48.4. The Morgan fingerprint density at radius 3 is 2.53 bits per heavy atom. The second-order valence-corrected chi connectivity index (χ2v) is 8.48. The lowest BCUT2D eigenvalue weighted by Gasteiger charge is -2.32. The van der Waals surface area contributed by atoms with E-state index in [-0.39, 0.29) is 23.9 Å². The molecule has 0 aliphatic carbocycles. The summed E-state index contributed by atoms with van der Waals surface area (Å²) in [5.41, 5.74) is 0.373. The van der Waals surface area contributed by atoms with Gasteiger partial charge in [-0.15, -0.1) is 6.42 Å². The minimum Gasteiger partial charge on any atom is -0.493 e. The summed E-state index contributed by atoms with van der Waals surface area (Å²) >= 11 is 0. The third kappa shape index (κ3) is 4.19. The van der Waals surface area contributed by atoms with E-state index in [9.17, 15) is 18.0 Å². The highest BCUT2D eigenvalue weighted by atomic mass is 19.2. The number of hydrogen-bond acceptors (Lipinski definition) is 4. The van der Waals surface area contributed by atoms with E-state index < -0.39 is 22.9 Å². The minimum absolute atomic E-state index is 0.188. The van der Waals surface area contributed by atoms with Crippen LogP contribution in [0.1, 0.15) is 19.7 Å². The Labute approximate surface area is 195 Å². The second kappa shape index (κ2) is 8.78. The molecule has 0 fully saturated rings. The number of aromatic nitrogens is 2. The van der Waals surface area contributed by atoms with Crippen molar-refractivity contribution in [1.82, 2.24) is 14.5 Å². The summed E-state index contributed by atoms with van der Waals surface area (Å²) in [6.07, 6.45) is 5.53. The molecule has 34 heavy (non-hydrogen) atoms. The van der Waals surface area contributed by atoms with Gasteiger partial charge in [0.15, 0.2) is 11.6 Å². The predicted octanol–water partition coefficient (Wildman–Crippen LogP) is 4.72. The molecule has 176 valence electrons. The zero-order chi connectivity index (χ0) is 24.6. The molecule has 0 atom stereocenters. The van der Waals surface area contributed by atoms with Crippen LogP contribution in [0.15, 0.2) is 36.4 Å². The fourth-order valence-corrected chi connectivity index (χ4v) is 3.82. The lowest BCUT2D eigenvalue weighted by atomic mass is 9.92. The van der Waals surface area contributed by atoms with Gasteiger partial charge in [0.2, 0.25) is 11.7 Å². The maximum absolute atomic E-state index is 14.1. The first kappa shape index (κ1) is 23.2. The normalized spacial score (nSPS) is 13.3. The Balaban J connectivity index is 1.77. The number of methoxy groups -OCH3 is 1. The number of hydrogen-bond donors (Lipinski definition) is 1. The number of terminal acetylenes is 1. The average molecular weight is 468 g/mol. The van der Waals surface area contributed by atoms with Crippen LogP contribution >= 0.6 is 0 Å². The smallest absolute Gasteiger partial charge is 0.240 e. The molecule has 1 aliphatic rings. The number of carbonyl (C=O) groups excluding carboxylic acids is 1.